The third-order valence-corrected chi connectivity index (χ3v) is 3.26. The number of hydrogen-bond donors (Lipinski definition) is 1. The molecule has 0 aliphatic heterocycles. The zero-order chi connectivity index (χ0) is 14.5. The lowest BCUT2D eigenvalue weighted by Crippen LogP contribution is -2.19. The Morgan fingerprint density at radius 2 is 1.95 bits per heavy atom. The van der Waals surface area contributed by atoms with Gasteiger partial charge in [-0.15, -0.1) is 0 Å². The molecular formula is C14H13BrN2O3. The van der Waals surface area contributed by atoms with Gasteiger partial charge < -0.3 is 10.5 Å². The van der Waals surface area contributed by atoms with Gasteiger partial charge in [0, 0.05) is 10.5 Å². The molecule has 0 aromatic heterocycles. The number of nitro benzene ring substituents is 1. The van der Waals surface area contributed by atoms with Gasteiger partial charge in [-0.1, -0.05) is 46.3 Å². The molecule has 0 radical (unpaired) electrons. The Bertz CT molecular complexity index is 605. The number of ether oxygens (including phenoxy) is 1. The maximum atomic E-state index is 11.0. The zero-order valence-corrected chi connectivity index (χ0v) is 12.1. The van der Waals surface area contributed by atoms with Crippen LogP contribution in [0.4, 0.5) is 5.69 Å². The van der Waals surface area contributed by atoms with Crippen molar-refractivity contribution in [1.82, 2.24) is 0 Å². The van der Waals surface area contributed by atoms with Crippen LogP contribution >= 0.6 is 15.9 Å². The Morgan fingerprint density at radius 1 is 1.25 bits per heavy atom. The van der Waals surface area contributed by atoms with Crippen LogP contribution in [0, 0.1) is 10.1 Å². The molecule has 0 bridgehead atoms. The highest BCUT2D eigenvalue weighted by Crippen LogP contribution is 2.30. The molecule has 2 rings (SSSR count). The van der Waals surface area contributed by atoms with E-state index in [1.54, 1.807) is 12.1 Å². The van der Waals surface area contributed by atoms with E-state index in [4.69, 9.17) is 10.5 Å². The Morgan fingerprint density at radius 3 is 2.60 bits per heavy atom. The van der Waals surface area contributed by atoms with E-state index in [1.807, 2.05) is 30.3 Å². The van der Waals surface area contributed by atoms with Gasteiger partial charge in [-0.2, -0.15) is 0 Å². The largest absolute Gasteiger partial charge is 0.485 e. The minimum Gasteiger partial charge on any atom is -0.485 e. The van der Waals surface area contributed by atoms with Crippen molar-refractivity contribution in [1.29, 1.82) is 0 Å². The van der Waals surface area contributed by atoms with Crippen molar-refractivity contribution >= 4 is 21.6 Å². The van der Waals surface area contributed by atoms with Gasteiger partial charge in [0.1, 0.15) is 6.61 Å². The Hall–Kier alpha value is -1.92. The van der Waals surface area contributed by atoms with Crippen LogP contribution < -0.4 is 10.5 Å². The summed E-state index contributed by atoms with van der Waals surface area (Å²) in [6, 6.07) is 13.8. The van der Waals surface area contributed by atoms with Gasteiger partial charge in [0.05, 0.1) is 11.0 Å². The molecular weight excluding hydrogens is 324 g/mol. The highest BCUT2D eigenvalue weighted by Gasteiger charge is 2.16. The lowest BCUT2D eigenvalue weighted by molar-refractivity contribution is -0.386. The molecule has 0 aliphatic rings. The molecule has 2 N–H and O–H groups in total. The summed E-state index contributed by atoms with van der Waals surface area (Å²) in [5.41, 5.74) is 6.83. The van der Waals surface area contributed by atoms with Crippen LogP contribution in [0.25, 0.3) is 0 Å². The first-order valence-corrected chi connectivity index (χ1v) is 6.74. The molecule has 0 saturated heterocycles. The maximum Gasteiger partial charge on any atom is 0.312 e. The molecule has 0 heterocycles. The van der Waals surface area contributed by atoms with Crippen molar-refractivity contribution in [3.63, 3.8) is 0 Å². The minimum atomic E-state index is -0.478. The smallest absolute Gasteiger partial charge is 0.312 e. The molecule has 1 unspecified atom stereocenters. The predicted molar refractivity (Wildman–Crippen MR) is 79.7 cm³/mol. The van der Waals surface area contributed by atoms with Gasteiger partial charge in [0.15, 0.2) is 5.75 Å². The number of nitrogens with zero attached hydrogens (tertiary/aromatic N) is 1. The molecule has 20 heavy (non-hydrogen) atoms. The second kappa shape index (κ2) is 6.49. The fourth-order valence-electron chi connectivity index (χ4n) is 1.73. The normalized spacial score (nSPS) is 11.9. The SMILES string of the molecule is NC(COc1ccc(Br)cc1[N+](=O)[O-])c1ccccc1. The standard InChI is InChI=1S/C14H13BrN2O3/c15-11-6-7-14(13(8-11)17(18)19)20-9-12(16)10-4-2-1-3-5-10/h1-8,12H,9,16H2. The Kier molecular flexibility index (Phi) is 4.70. The number of nitrogens with two attached hydrogens (primary N) is 1. The van der Waals surface area contributed by atoms with E-state index < -0.39 is 4.92 Å². The minimum absolute atomic E-state index is 0.0837. The van der Waals surface area contributed by atoms with Crippen LogP contribution in [0.2, 0.25) is 0 Å². The summed E-state index contributed by atoms with van der Waals surface area (Å²) in [7, 11) is 0. The molecule has 6 heteroatoms. The first-order chi connectivity index (χ1) is 9.58. The third-order valence-electron chi connectivity index (χ3n) is 2.76. The number of hydrogen-bond acceptors (Lipinski definition) is 4. The number of halogens is 1. The quantitative estimate of drug-likeness (QED) is 0.670. The van der Waals surface area contributed by atoms with Crippen molar-refractivity contribution in [2.24, 2.45) is 5.73 Å². The van der Waals surface area contributed by atoms with Crippen molar-refractivity contribution in [2.45, 2.75) is 6.04 Å². The summed E-state index contributed by atoms with van der Waals surface area (Å²) >= 11 is 3.20. The third kappa shape index (κ3) is 3.55. The summed E-state index contributed by atoms with van der Waals surface area (Å²) in [6.07, 6.45) is 0. The molecule has 0 saturated carbocycles. The topological polar surface area (TPSA) is 78.4 Å². The Balaban J connectivity index is 2.09. The van der Waals surface area contributed by atoms with Crippen molar-refractivity contribution in [3.05, 3.63) is 68.7 Å². The van der Waals surface area contributed by atoms with Crippen LogP contribution in [0.15, 0.2) is 53.0 Å². The highest BCUT2D eigenvalue weighted by molar-refractivity contribution is 9.10. The second-order valence-electron chi connectivity index (χ2n) is 4.20. The lowest BCUT2D eigenvalue weighted by atomic mass is 10.1. The van der Waals surface area contributed by atoms with Crippen molar-refractivity contribution in [3.8, 4) is 5.75 Å². The average molecular weight is 337 g/mol. The van der Waals surface area contributed by atoms with Gasteiger partial charge in [-0.3, -0.25) is 10.1 Å². The number of nitro groups is 1. The van der Waals surface area contributed by atoms with E-state index >= 15 is 0 Å². The first-order valence-electron chi connectivity index (χ1n) is 5.95. The van der Waals surface area contributed by atoms with Gasteiger partial charge in [-0.05, 0) is 17.7 Å². The molecule has 0 spiro atoms. The first kappa shape index (κ1) is 14.5. The number of benzene rings is 2. The van der Waals surface area contributed by atoms with Crippen LogP contribution in [0.1, 0.15) is 11.6 Å². The van der Waals surface area contributed by atoms with E-state index in [0.29, 0.717) is 4.47 Å². The van der Waals surface area contributed by atoms with Crippen LogP contribution in [0.5, 0.6) is 5.75 Å². The van der Waals surface area contributed by atoms with Crippen LogP contribution in [-0.4, -0.2) is 11.5 Å². The summed E-state index contributed by atoms with van der Waals surface area (Å²) in [4.78, 5) is 10.5. The monoisotopic (exact) mass is 336 g/mol. The average Bonchev–Trinajstić information content (AvgIpc) is 2.46. The molecule has 104 valence electrons. The van der Waals surface area contributed by atoms with Gasteiger partial charge >= 0.3 is 5.69 Å². The van der Waals surface area contributed by atoms with Gasteiger partial charge in [0.2, 0.25) is 0 Å². The summed E-state index contributed by atoms with van der Waals surface area (Å²) in [6.45, 7) is 0.173. The molecule has 0 amide bonds. The van der Waals surface area contributed by atoms with Crippen molar-refractivity contribution < 1.29 is 9.66 Å². The van der Waals surface area contributed by atoms with E-state index in [-0.39, 0.29) is 24.1 Å². The predicted octanol–water partition coefficient (Wildman–Crippen LogP) is 3.44. The summed E-state index contributed by atoms with van der Waals surface area (Å²) < 4.78 is 6.11. The Labute approximate surface area is 124 Å². The van der Waals surface area contributed by atoms with E-state index in [2.05, 4.69) is 15.9 Å². The maximum absolute atomic E-state index is 11.0. The molecule has 2 aromatic rings. The highest BCUT2D eigenvalue weighted by atomic mass is 79.9. The summed E-state index contributed by atoms with van der Waals surface area (Å²) in [5.74, 6) is 0.213. The molecule has 0 aliphatic carbocycles. The van der Waals surface area contributed by atoms with E-state index in [9.17, 15) is 10.1 Å². The van der Waals surface area contributed by atoms with Crippen molar-refractivity contribution in [2.75, 3.05) is 6.61 Å². The molecule has 1 atom stereocenters. The van der Waals surface area contributed by atoms with E-state index in [0.717, 1.165) is 5.56 Å². The molecule has 2 aromatic carbocycles. The molecule has 5 nitrogen and oxygen atoms in total. The zero-order valence-electron chi connectivity index (χ0n) is 10.5. The van der Waals surface area contributed by atoms with Crippen LogP contribution in [0.3, 0.4) is 0 Å². The van der Waals surface area contributed by atoms with E-state index in [1.165, 1.54) is 6.07 Å². The number of rotatable bonds is 5. The molecule has 0 fully saturated rings. The fraction of sp³-hybridized carbons (Fsp3) is 0.143. The lowest BCUT2D eigenvalue weighted by Gasteiger charge is -2.13. The van der Waals surface area contributed by atoms with Gasteiger partial charge in [0.25, 0.3) is 0 Å². The fourth-order valence-corrected chi connectivity index (χ4v) is 2.08. The second-order valence-corrected chi connectivity index (χ2v) is 5.11. The summed E-state index contributed by atoms with van der Waals surface area (Å²) in [5, 5.41) is 11.0. The van der Waals surface area contributed by atoms with Gasteiger partial charge in [-0.25, -0.2) is 0 Å². The van der Waals surface area contributed by atoms with Crippen LogP contribution in [-0.2, 0) is 0 Å².